The Morgan fingerprint density at radius 1 is 1.41 bits per heavy atom. The summed E-state index contributed by atoms with van der Waals surface area (Å²) in [5.74, 6) is -2.58. The number of hydrogen-bond donors (Lipinski definition) is 1. The molecule has 96 valence electrons. The number of halogens is 2. The Hall–Kier alpha value is -1.03. The van der Waals surface area contributed by atoms with Gasteiger partial charge in [-0.05, 0) is 37.8 Å². The van der Waals surface area contributed by atoms with Crippen LogP contribution in [0.1, 0.15) is 50.4 Å². The molecule has 0 aliphatic heterocycles. The molecule has 0 amide bonds. The monoisotopic (exact) mass is 242 g/mol. The van der Waals surface area contributed by atoms with Crippen LogP contribution in [0, 0.1) is 0 Å². The Labute approximate surface area is 101 Å². The Bertz CT molecular complexity index is 330. The zero-order valence-corrected chi connectivity index (χ0v) is 10.4. The molecular weight excluding hydrogens is 222 g/mol. The maximum Gasteiger partial charge on any atom is 0.245 e. The van der Waals surface area contributed by atoms with Gasteiger partial charge in [0.15, 0.2) is 0 Å². The molecule has 1 aromatic rings. The van der Waals surface area contributed by atoms with Gasteiger partial charge < -0.3 is 5.73 Å². The molecule has 1 atom stereocenters. The van der Waals surface area contributed by atoms with Crippen LogP contribution >= 0.6 is 0 Å². The van der Waals surface area contributed by atoms with E-state index in [0.717, 1.165) is 24.6 Å². The van der Waals surface area contributed by atoms with Crippen LogP contribution in [-0.2, 0) is 6.42 Å². The second kappa shape index (κ2) is 6.05. The highest BCUT2D eigenvalue weighted by Crippen LogP contribution is 2.20. The highest BCUT2D eigenvalue weighted by molar-refractivity contribution is 5.17. The second-order valence-corrected chi connectivity index (χ2v) is 4.52. The van der Waals surface area contributed by atoms with Gasteiger partial charge in [-0.15, -0.1) is 0 Å². The van der Waals surface area contributed by atoms with Crippen molar-refractivity contribution < 1.29 is 8.78 Å². The molecule has 0 bridgehead atoms. The van der Waals surface area contributed by atoms with Crippen LogP contribution in [-0.4, -0.2) is 10.9 Å². The third-order valence-electron chi connectivity index (χ3n) is 2.76. The average Bonchev–Trinajstić information content (AvgIpc) is 2.27. The quantitative estimate of drug-likeness (QED) is 0.829. The Kier molecular flexibility index (Phi) is 5.00. The standard InChI is InChI=1S/C13H20F2N2/c1-3-12(16)10-6-7-11(17-9-10)5-4-8-13(2,14)15/h6-7,9,12H,3-5,8,16H2,1-2H3. The van der Waals surface area contributed by atoms with Crippen molar-refractivity contribution in [3.05, 3.63) is 29.6 Å². The van der Waals surface area contributed by atoms with Crippen molar-refractivity contribution in [2.75, 3.05) is 0 Å². The number of pyridine rings is 1. The number of nitrogens with two attached hydrogens (primary N) is 1. The highest BCUT2D eigenvalue weighted by atomic mass is 19.3. The van der Waals surface area contributed by atoms with Gasteiger partial charge in [0.25, 0.3) is 0 Å². The summed E-state index contributed by atoms with van der Waals surface area (Å²) in [6.45, 7) is 2.96. The number of rotatable bonds is 6. The lowest BCUT2D eigenvalue weighted by molar-refractivity contribution is 0.0110. The van der Waals surface area contributed by atoms with Crippen molar-refractivity contribution in [3.8, 4) is 0 Å². The van der Waals surface area contributed by atoms with E-state index in [-0.39, 0.29) is 12.5 Å². The summed E-state index contributed by atoms with van der Waals surface area (Å²) in [5.41, 5.74) is 7.71. The van der Waals surface area contributed by atoms with Gasteiger partial charge in [-0.3, -0.25) is 4.98 Å². The van der Waals surface area contributed by atoms with Gasteiger partial charge in [-0.25, -0.2) is 8.78 Å². The second-order valence-electron chi connectivity index (χ2n) is 4.52. The molecule has 17 heavy (non-hydrogen) atoms. The van der Waals surface area contributed by atoms with Gasteiger partial charge >= 0.3 is 0 Å². The zero-order valence-electron chi connectivity index (χ0n) is 10.4. The van der Waals surface area contributed by atoms with E-state index in [2.05, 4.69) is 4.98 Å². The van der Waals surface area contributed by atoms with Crippen molar-refractivity contribution >= 4 is 0 Å². The fraction of sp³-hybridized carbons (Fsp3) is 0.615. The maximum atomic E-state index is 12.6. The molecule has 0 fully saturated rings. The van der Waals surface area contributed by atoms with Crippen LogP contribution in [0.25, 0.3) is 0 Å². The van der Waals surface area contributed by atoms with Crippen LogP contribution in [0.15, 0.2) is 18.3 Å². The third-order valence-corrected chi connectivity index (χ3v) is 2.76. The van der Waals surface area contributed by atoms with Crippen LogP contribution in [0.4, 0.5) is 8.78 Å². The first-order valence-electron chi connectivity index (χ1n) is 6.00. The normalized spacial score (nSPS) is 13.7. The van der Waals surface area contributed by atoms with Crippen molar-refractivity contribution in [1.82, 2.24) is 4.98 Å². The van der Waals surface area contributed by atoms with Gasteiger partial charge in [-0.2, -0.15) is 0 Å². The average molecular weight is 242 g/mol. The minimum absolute atomic E-state index is 0.0107. The van der Waals surface area contributed by atoms with Crippen molar-refractivity contribution in [3.63, 3.8) is 0 Å². The number of nitrogens with zero attached hydrogens (tertiary/aromatic N) is 1. The molecule has 2 nitrogen and oxygen atoms in total. The summed E-state index contributed by atoms with van der Waals surface area (Å²) < 4.78 is 25.2. The van der Waals surface area contributed by atoms with Gasteiger partial charge in [0.2, 0.25) is 5.92 Å². The summed E-state index contributed by atoms with van der Waals surface area (Å²) >= 11 is 0. The molecule has 0 aliphatic rings. The minimum atomic E-state index is -2.58. The summed E-state index contributed by atoms with van der Waals surface area (Å²) in [6.07, 6.45) is 3.56. The van der Waals surface area contributed by atoms with E-state index in [9.17, 15) is 8.78 Å². The number of alkyl halides is 2. The molecule has 4 heteroatoms. The smallest absolute Gasteiger partial charge is 0.245 e. The lowest BCUT2D eigenvalue weighted by Gasteiger charge is -2.10. The van der Waals surface area contributed by atoms with E-state index >= 15 is 0 Å². The van der Waals surface area contributed by atoms with Crippen LogP contribution in [0.5, 0.6) is 0 Å². The summed E-state index contributed by atoms with van der Waals surface area (Å²) in [4.78, 5) is 4.24. The lowest BCUT2D eigenvalue weighted by Crippen LogP contribution is -2.10. The van der Waals surface area contributed by atoms with Crippen molar-refractivity contribution in [2.45, 2.75) is 51.5 Å². The van der Waals surface area contributed by atoms with Crippen molar-refractivity contribution in [1.29, 1.82) is 0 Å². The summed E-state index contributed by atoms with van der Waals surface area (Å²) in [5, 5.41) is 0. The molecule has 1 aromatic heterocycles. The number of aryl methyl sites for hydroxylation is 1. The molecule has 0 spiro atoms. The van der Waals surface area contributed by atoms with E-state index in [1.165, 1.54) is 0 Å². The molecule has 0 saturated carbocycles. The van der Waals surface area contributed by atoms with Gasteiger partial charge in [-0.1, -0.05) is 13.0 Å². The SMILES string of the molecule is CCC(N)c1ccc(CCCC(C)(F)F)nc1. The minimum Gasteiger partial charge on any atom is -0.324 e. The molecule has 1 rings (SSSR count). The molecule has 1 heterocycles. The molecular formula is C13H20F2N2. The van der Waals surface area contributed by atoms with Crippen LogP contribution < -0.4 is 5.73 Å². The Morgan fingerprint density at radius 2 is 2.12 bits per heavy atom. The third kappa shape index (κ3) is 5.22. The highest BCUT2D eigenvalue weighted by Gasteiger charge is 2.19. The van der Waals surface area contributed by atoms with Crippen LogP contribution in [0.2, 0.25) is 0 Å². The lowest BCUT2D eigenvalue weighted by atomic mass is 10.1. The van der Waals surface area contributed by atoms with E-state index < -0.39 is 5.92 Å². The van der Waals surface area contributed by atoms with E-state index in [1.807, 2.05) is 19.1 Å². The molecule has 1 unspecified atom stereocenters. The summed E-state index contributed by atoms with van der Waals surface area (Å²) in [6, 6.07) is 3.82. The Balaban J connectivity index is 2.46. The first kappa shape index (κ1) is 14.0. The zero-order chi connectivity index (χ0) is 12.9. The van der Waals surface area contributed by atoms with Gasteiger partial charge in [0, 0.05) is 24.4 Å². The number of aromatic nitrogens is 1. The Morgan fingerprint density at radius 3 is 2.59 bits per heavy atom. The first-order chi connectivity index (χ1) is 7.92. The molecule has 0 saturated heterocycles. The van der Waals surface area contributed by atoms with Gasteiger partial charge in [0.05, 0.1) is 0 Å². The fourth-order valence-electron chi connectivity index (χ4n) is 1.62. The molecule has 0 aromatic carbocycles. The maximum absolute atomic E-state index is 12.6. The van der Waals surface area contributed by atoms with E-state index in [1.54, 1.807) is 6.20 Å². The van der Waals surface area contributed by atoms with E-state index in [4.69, 9.17) is 5.73 Å². The first-order valence-corrected chi connectivity index (χ1v) is 6.00. The molecule has 0 radical (unpaired) electrons. The van der Waals surface area contributed by atoms with Crippen molar-refractivity contribution in [2.24, 2.45) is 5.73 Å². The summed E-state index contributed by atoms with van der Waals surface area (Å²) in [7, 11) is 0. The van der Waals surface area contributed by atoms with E-state index in [0.29, 0.717) is 12.8 Å². The predicted molar refractivity (Wildman–Crippen MR) is 65.0 cm³/mol. The molecule has 2 N–H and O–H groups in total. The largest absolute Gasteiger partial charge is 0.324 e. The number of hydrogen-bond acceptors (Lipinski definition) is 2. The topological polar surface area (TPSA) is 38.9 Å². The molecule has 0 aliphatic carbocycles. The van der Waals surface area contributed by atoms with Crippen LogP contribution in [0.3, 0.4) is 0 Å². The van der Waals surface area contributed by atoms with Gasteiger partial charge in [0.1, 0.15) is 0 Å². The fourth-order valence-corrected chi connectivity index (χ4v) is 1.62. The predicted octanol–water partition coefficient (Wildman–Crippen LogP) is 3.47.